The number of benzene rings is 2. The summed E-state index contributed by atoms with van der Waals surface area (Å²) in [4.78, 5) is 16.9. The molecule has 1 aliphatic heterocycles. The third kappa shape index (κ3) is 4.30. The van der Waals surface area contributed by atoms with Gasteiger partial charge < -0.3 is 15.1 Å². The van der Waals surface area contributed by atoms with Crippen molar-refractivity contribution in [3.05, 3.63) is 65.0 Å². The highest BCUT2D eigenvalue weighted by atomic mass is 19.2. The van der Waals surface area contributed by atoms with E-state index in [1.807, 2.05) is 0 Å². The van der Waals surface area contributed by atoms with Gasteiger partial charge in [0, 0.05) is 37.4 Å². The van der Waals surface area contributed by atoms with Gasteiger partial charge in [0.1, 0.15) is 5.82 Å². The van der Waals surface area contributed by atoms with Gasteiger partial charge in [0.15, 0.2) is 11.6 Å². The predicted molar refractivity (Wildman–Crippen MR) is 103 cm³/mol. The number of hydrogen-bond donors (Lipinski definition) is 1. The molecule has 1 heterocycles. The highest BCUT2D eigenvalue weighted by molar-refractivity contribution is 5.94. The number of halogens is 3. The van der Waals surface area contributed by atoms with E-state index in [2.05, 4.69) is 22.0 Å². The summed E-state index contributed by atoms with van der Waals surface area (Å²) in [6.45, 7) is 8.20. The van der Waals surface area contributed by atoms with E-state index in [0.29, 0.717) is 5.56 Å². The maximum absolute atomic E-state index is 13.9. The van der Waals surface area contributed by atoms with Crippen LogP contribution in [-0.2, 0) is 0 Å². The minimum atomic E-state index is -1.19. The van der Waals surface area contributed by atoms with Crippen LogP contribution in [0, 0.1) is 17.5 Å². The van der Waals surface area contributed by atoms with Gasteiger partial charge >= 0.3 is 0 Å². The second-order valence-corrected chi connectivity index (χ2v) is 6.92. The number of piperazine rings is 1. The van der Waals surface area contributed by atoms with Gasteiger partial charge in [-0.1, -0.05) is 13.0 Å². The zero-order valence-corrected chi connectivity index (χ0v) is 16.0. The lowest BCUT2D eigenvalue weighted by Crippen LogP contribution is -2.46. The Labute approximate surface area is 162 Å². The predicted octanol–water partition coefficient (Wildman–Crippen LogP) is 3.74. The van der Waals surface area contributed by atoms with Crippen molar-refractivity contribution in [2.45, 2.75) is 19.9 Å². The van der Waals surface area contributed by atoms with Crippen LogP contribution in [0.3, 0.4) is 0 Å². The van der Waals surface area contributed by atoms with Crippen LogP contribution in [0.2, 0.25) is 0 Å². The molecule has 2 aromatic rings. The summed E-state index contributed by atoms with van der Waals surface area (Å²) >= 11 is 0. The van der Waals surface area contributed by atoms with Crippen molar-refractivity contribution in [1.82, 2.24) is 10.2 Å². The minimum Gasteiger partial charge on any atom is -0.369 e. The molecule has 1 amide bonds. The Balaban J connectivity index is 1.81. The lowest BCUT2D eigenvalue weighted by atomic mass is 10.0. The van der Waals surface area contributed by atoms with Gasteiger partial charge in [0.25, 0.3) is 5.91 Å². The fraction of sp³-hybridized carbons (Fsp3) is 0.381. The number of anilines is 1. The molecule has 1 saturated heterocycles. The summed E-state index contributed by atoms with van der Waals surface area (Å²) < 4.78 is 41.2. The standard InChI is InChI=1S/C21H24F3N3O/c1-3-26-9-11-27(12-10-26)19-8-7-15(22)13-17(19)14(2)25-21(28)16-5-4-6-18(23)20(16)24/h4-8,13-14H,3,9-12H2,1-2H3,(H,25,28). The summed E-state index contributed by atoms with van der Waals surface area (Å²) in [7, 11) is 0. The molecule has 28 heavy (non-hydrogen) atoms. The molecule has 150 valence electrons. The van der Waals surface area contributed by atoms with Crippen molar-refractivity contribution in [2.24, 2.45) is 0 Å². The van der Waals surface area contributed by atoms with E-state index in [4.69, 9.17) is 0 Å². The first-order valence-corrected chi connectivity index (χ1v) is 9.42. The van der Waals surface area contributed by atoms with Gasteiger partial charge in [-0.05, 0) is 43.8 Å². The Morgan fingerprint density at radius 2 is 1.82 bits per heavy atom. The molecule has 0 radical (unpaired) electrons. The molecular weight excluding hydrogens is 367 g/mol. The first-order chi connectivity index (χ1) is 13.4. The topological polar surface area (TPSA) is 35.6 Å². The smallest absolute Gasteiger partial charge is 0.254 e. The third-order valence-electron chi connectivity index (χ3n) is 5.16. The lowest BCUT2D eigenvalue weighted by Gasteiger charge is -2.37. The molecule has 0 aromatic heterocycles. The van der Waals surface area contributed by atoms with Crippen LogP contribution in [0.4, 0.5) is 18.9 Å². The normalized spacial score (nSPS) is 16.1. The van der Waals surface area contributed by atoms with Crippen LogP contribution in [-0.4, -0.2) is 43.5 Å². The number of nitrogens with one attached hydrogen (secondary N) is 1. The first kappa shape index (κ1) is 20.2. The number of carbonyl (C=O) groups is 1. The quantitative estimate of drug-likeness (QED) is 0.844. The van der Waals surface area contributed by atoms with Crippen molar-refractivity contribution in [2.75, 3.05) is 37.6 Å². The molecule has 0 spiro atoms. The summed E-state index contributed by atoms with van der Waals surface area (Å²) in [5, 5.41) is 2.66. The summed E-state index contributed by atoms with van der Waals surface area (Å²) in [5.41, 5.74) is 1.07. The van der Waals surface area contributed by atoms with E-state index in [0.717, 1.165) is 44.5 Å². The highest BCUT2D eigenvalue weighted by Crippen LogP contribution is 2.29. The second-order valence-electron chi connectivity index (χ2n) is 6.92. The Kier molecular flexibility index (Phi) is 6.24. The largest absolute Gasteiger partial charge is 0.369 e. The lowest BCUT2D eigenvalue weighted by molar-refractivity contribution is 0.0934. The molecule has 4 nitrogen and oxygen atoms in total. The molecule has 2 aromatic carbocycles. The van der Waals surface area contributed by atoms with Crippen LogP contribution in [0.25, 0.3) is 0 Å². The van der Waals surface area contributed by atoms with Crippen molar-refractivity contribution < 1.29 is 18.0 Å². The summed E-state index contributed by atoms with van der Waals surface area (Å²) in [5.74, 6) is -3.43. The molecule has 0 saturated carbocycles. The molecule has 3 rings (SSSR count). The van der Waals surface area contributed by atoms with Gasteiger partial charge in [-0.15, -0.1) is 0 Å². The van der Waals surface area contributed by atoms with Crippen molar-refractivity contribution in [3.8, 4) is 0 Å². The Morgan fingerprint density at radius 1 is 1.11 bits per heavy atom. The Morgan fingerprint density at radius 3 is 2.50 bits per heavy atom. The fourth-order valence-electron chi connectivity index (χ4n) is 3.50. The molecule has 1 fully saturated rings. The minimum absolute atomic E-state index is 0.374. The third-order valence-corrected chi connectivity index (χ3v) is 5.16. The number of likely N-dealkylation sites (N-methyl/N-ethyl adjacent to an activating group) is 1. The summed E-state index contributed by atoms with van der Waals surface area (Å²) in [6, 6.07) is 7.36. The average Bonchev–Trinajstić information content (AvgIpc) is 2.70. The Hall–Kier alpha value is -2.54. The van der Waals surface area contributed by atoms with E-state index in [-0.39, 0.29) is 5.56 Å². The van der Waals surface area contributed by atoms with E-state index in [1.54, 1.807) is 13.0 Å². The van der Waals surface area contributed by atoms with Crippen molar-refractivity contribution in [1.29, 1.82) is 0 Å². The van der Waals surface area contributed by atoms with Crippen LogP contribution in [0.1, 0.15) is 35.8 Å². The number of nitrogens with zero attached hydrogens (tertiary/aromatic N) is 2. The zero-order valence-electron chi connectivity index (χ0n) is 16.0. The maximum atomic E-state index is 13.9. The molecule has 1 N–H and O–H groups in total. The van der Waals surface area contributed by atoms with E-state index >= 15 is 0 Å². The highest BCUT2D eigenvalue weighted by Gasteiger charge is 2.23. The monoisotopic (exact) mass is 391 g/mol. The second kappa shape index (κ2) is 8.65. The zero-order chi connectivity index (χ0) is 20.3. The number of amides is 1. The van der Waals surface area contributed by atoms with Crippen molar-refractivity contribution >= 4 is 11.6 Å². The molecule has 7 heteroatoms. The van der Waals surface area contributed by atoms with Gasteiger partial charge in [0.05, 0.1) is 11.6 Å². The van der Waals surface area contributed by atoms with Gasteiger partial charge in [0.2, 0.25) is 0 Å². The molecular formula is C21H24F3N3O. The van der Waals surface area contributed by atoms with Crippen LogP contribution < -0.4 is 10.2 Å². The van der Waals surface area contributed by atoms with Crippen LogP contribution in [0.5, 0.6) is 0 Å². The Bertz CT molecular complexity index is 851. The van der Waals surface area contributed by atoms with Crippen LogP contribution in [0.15, 0.2) is 36.4 Å². The maximum Gasteiger partial charge on any atom is 0.254 e. The van der Waals surface area contributed by atoms with E-state index in [9.17, 15) is 18.0 Å². The number of rotatable bonds is 5. The average molecular weight is 391 g/mol. The van der Waals surface area contributed by atoms with Crippen LogP contribution >= 0.6 is 0 Å². The molecule has 1 aliphatic rings. The molecule has 1 atom stereocenters. The van der Waals surface area contributed by atoms with Gasteiger partial charge in [-0.25, -0.2) is 13.2 Å². The van der Waals surface area contributed by atoms with Gasteiger partial charge in [-0.2, -0.15) is 0 Å². The molecule has 0 bridgehead atoms. The number of carbonyl (C=O) groups excluding carboxylic acids is 1. The SMILES string of the molecule is CCN1CCN(c2ccc(F)cc2C(C)NC(=O)c2cccc(F)c2F)CC1. The fourth-order valence-corrected chi connectivity index (χ4v) is 3.50. The van der Waals surface area contributed by atoms with E-state index in [1.165, 1.54) is 24.3 Å². The van der Waals surface area contributed by atoms with Crippen molar-refractivity contribution in [3.63, 3.8) is 0 Å². The van der Waals surface area contributed by atoms with Gasteiger partial charge in [-0.3, -0.25) is 4.79 Å². The first-order valence-electron chi connectivity index (χ1n) is 9.42. The van der Waals surface area contributed by atoms with E-state index < -0.39 is 29.4 Å². The number of hydrogen-bond acceptors (Lipinski definition) is 3. The summed E-state index contributed by atoms with van der Waals surface area (Å²) in [6.07, 6.45) is 0. The molecule has 1 unspecified atom stereocenters. The molecule has 0 aliphatic carbocycles.